The summed E-state index contributed by atoms with van der Waals surface area (Å²) in [5, 5.41) is 3.66. The highest BCUT2D eigenvalue weighted by Crippen LogP contribution is 2.20. The Morgan fingerprint density at radius 1 is 1.29 bits per heavy atom. The van der Waals surface area contributed by atoms with Crippen LogP contribution < -0.4 is 10.1 Å². The van der Waals surface area contributed by atoms with Crippen molar-refractivity contribution >= 4 is 11.0 Å². The van der Waals surface area contributed by atoms with Gasteiger partial charge in [0.05, 0.1) is 17.6 Å². The lowest BCUT2D eigenvalue weighted by atomic mass is 9.95. The first-order chi connectivity index (χ1) is 10.3. The molecule has 21 heavy (non-hydrogen) atoms. The fourth-order valence-electron chi connectivity index (χ4n) is 3.12. The number of fused-ring (bicyclic) bond motifs is 1. The van der Waals surface area contributed by atoms with Crippen molar-refractivity contribution in [2.45, 2.75) is 51.5 Å². The van der Waals surface area contributed by atoms with Gasteiger partial charge in [0.15, 0.2) is 0 Å². The molecule has 3 rings (SSSR count). The largest absolute Gasteiger partial charge is 0.494 e. The van der Waals surface area contributed by atoms with E-state index in [0.29, 0.717) is 12.6 Å². The molecule has 1 saturated carbocycles. The summed E-state index contributed by atoms with van der Waals surface area (Å²) in [6, 6.07) is 6.75. The number of hydrogen-bond acceptors (Lipinski definition) is 3. The molecule has 2 N–H and O–H groups in total. The zero-order valence-corrected chi connectivity index (χ0v) is 12.8. The van der Waals surface area contributed by atoms with Gasteiger partial charge in [-0.1, -0.05) is 19.3 Å². The molecule has 0 spiro atoms. The van der Waals surface area contributed by atoms with Gasteiger partial charge in [-0.3, -0.25) is 0 Å². The quantitative estimate of drug-likeness (QED) is 0.856. The van der Waals surface area contributed by atoms with Crippen LogP contribution in [0.5, 0.6) is 5.75 Å². The van der Waals surface area contributed by atoms with E-state index >= 15 is 0 Å². The minimum Gasteiger partial charge on any atom is -0.494 e. The lowest BCUT2D eigenvalue weighted by molar-refractivity contribution is 0.340. The third-order valence-corrected chi connectivity index (χ3v) is 4.21. The molecule has 1 aromatic carbocycles. The number of aromatic nitrogens is 2. The molecule has 0 aliphatic heterocycles. The molecular formula is C17H25N3O. The molecule has 0 radical (unpaired) electrons. The molecule has 0 amide bonds. The molecular weight excluding hydrogens is 262 g/mol. The summed E-state index contributed by atoms with van der Waals surface area (Å²) < 4.78 is 5.52. The summed E-state index contributed by atoms with van der Waals surface area (Å²) in [6.45, 7) is 3.69. The van der Waals surface area contributed by atoms with Gasteiger partial charge in [0.2, 0.25) is 0 Å². The SMILES string of the molecule is CCOc1ccc2nc(CCNC3CCCCC3)[nH]c2c1. The number of rotatable bonds is 6. The van der Waals surface area contributed by atoms with E-state index in [0.717, 1.165) is 35.6 Å². The van der Waals surface area contributed by atoms with Crippen LogP contribution in [0.2, 0.25) is 0 Å². The molecule has 4 nitrogen and oxygen atoms in total. The molecule has 1 aromatic heterocycles. The molecule has 0 bridgehead atoms. The number of hydrogen-bond donors (Lipinski definition) is 2. The maximum atomic E-state index is 5.52. The monoisotopic (exact) mass is 287 g/mol. The highest BCUT2D eigenvalue weighted by Gasteiger charge is 2.12. The van der Waals surface area contributed by atoms with Crippen molar-refractivity contribution in [3.05, 3.63) is 24.0 Å². The molecule has 1 aliphatic carbocycles. The number of nitrogens with one attached hydrogen (secondary N) is 2. The molecule has 1 fully saturated rings. The standard InChI is InChI=1S/C17H25N3O/c1-2-21-14-8-9-15-16(12-14)20-17(19-15)10-11-18-13-6-4-3-5-7-13/h8-9,12-13,18H,2-7,10-11H2,1H3,(H,19,20). The zero-order chi connectivity index (χ0) is 14.5. The summed E-state index contributed by atoms with van der Waals surface area (Å²) in [7, 11) is 0. The second kappa shape index (κ2) is 6.94. The zero-order valence-electron chi connectivity index (χ0n) is 12.8. The van der Waals surface area contributed by atoms with Gasteiger partial charge in [0.25, 0.3) is 0 Å². The van der Waals surface area contributed by atoms with E-state index < -0.39 is 0 Å². The Bertz CT molecular complexity index is 572. The lowest BCUT2D eigenvalue weighted by Gasteiger charge is -2.22. The van der Waals surface area contributed by atoms with Crippen molar-refractivity contribution in [2.24, 2.45) is 0 Å². The topological polar surface area (TPSA) is 49.9 Å². The summed E-state index contributed by atoms with van der Waals surface area (Å²) in [5.41, 5.74) is 2.08. The molecule has 1 heterocycles. The van der Waals surface area contributed by atoms with Gasteiger partial charge >= 0.3 is 0 Å². The van der Waals surface area contributed by atoms with Crippen molar-refractivity contribution in [3.63, 3.8) is 0 Å². The van der Waals surface area contributed by atoms with Crippen molar-refractivity contribution < 1.29 is 4.74 Å². The van der Waals surface area contributed by atoms with Gasteiger partial charge in [-0.2, -0.15) is 0 Å². The summed E-state index contributed by atoms with van der Waals surface area (Å²) >= 11 is 0. The van der Waals surface area contributed by atoms with E-state index in [-0.39, 0.29) is 0 Å². The van der Waals surface area contributed by atoms with E-state index in [9.17, 15) is 0 Å². The van der Waals surface area contributed by atoms with Crippen LogP contribution in [0.3, 0.4) is 0 Å². The van der Waals surface area contributed by atoms with Crippen molar-refractivity contribution in [3.8, 4) is 5.75 Å². The number of ether oxygens (including phenoxy) is 1. The Balaban J connectivity index is 1.56. The second-order valence-corrected chi connectivity index (χ2v) is 5.83. The average Bonchev–Trinajstić information content (AvgIpc) is 2.91. The number of imidazole rings is 1. The first-order valence-corrected chi connectivity index (χ1v) is 8.20. The third kappa shape index (κ3) is 3.76. The molecule has 0 unspecified atom stereocenters. The third-order valence-electron chi connectivity index (χ3n) is 4.21. The molecule has 0 atom stereocenters. The van der Waals surface area contributed by atoms with Crippen LogP contribution >= 0.6 is 0 Å². The minimum absolute atomic E-state index is 0.692. The Labute approximate surface area is 126 Å². The Hall–Kier alpha value is -1.55. The number of aromatic amines is 1. The van der Waals surface area contributed by atoms with Gasteiger partial charge in [-0.25, -0.2) is 4.98 Å². The van der Waals surface area contributed by atoms with Crippen LogP contribution in [0.25, 0.3) is 11.0 Å². The van der Waals surface area contributed by atoms with Crippen LogP contribution in [0, 0.1) is 0 Å². The Kier molecular flexibility index (Phi) is 4.76. The summed E-state index contributed by atoms with van der Waals surface area (Å²) in [5.74, 6) is 1.96. The average molecular weight is 287 g/mol. The maximum absolute atomic E-state index is 5.52. The van der Waals surface area contributed by atoms with Crippen LogP contribution in [0.1, 0.15) is 44.9 Å². The summed E-state index contributed by atoms with van der Waals surface area (Å²) in [6.07, 6.45) is 7.78. The predicted octanol–water partition coefficient (Wildman–Crippen LogP) is 3.43. The fourth-order valence-corrected chi connectivity index (χ4v) is 3.12. The number of benzene rings is 1. The van der Waals surface area contributed by atoms with Crippen LogP contribution in [0.4, 0.5) is 0 Å². The Morgan fingerprint density at radius 2 is 2.14 bits per heavy atom. The first-order valence-electron chi connectivity index (χ1n) is 8.20. The van der Waals surface area contributed by atoms with Gasteiger partial charge < -0.3 is 15.0 Å². The Morgan fingerprint density at radius 3 is 2.95 bits per heavy atom. The smallest absolute Gasteiger partial charge is 0.121 e. The van der Waals surface area contributed by atoms with E-state index in [1.165, 1.54) is 32.1 Å². The fraction of sp³-hybridized carbons (Fsp3) is 0.588. The lowest BCUT2D eigenvalue weighted by Crippen LogP contribution is -2.32. The molecule has 1 aliphatic rings. The first kappa shape index (κ1) is 14.4. The van der Waals surface area contributed by atoms with Gasteiger partial charge in [0.1, 0.15) is 11.6 Å². The highest BCUT2D eigenvalue weighted by atomic mass is 16.5. The van der Waals surface area contributed by atoms with E-state index in [1.54, 1.807) is 0 Å². The number of nitrogens with zero attached hydrogens (tertiary/aromatic N) is 1. The van der Waals surface area contributed by atoms with Gasteiger partial charge in [0, 0.05) is 25.1 Å². The van der Waals surface area contributed by atoms with Crippen molar-refractivity contribution in [1.29, 1.82) is 0 Å². The molecule has 114 valence electrons. The normalized spacial score (nSPS) is 16.4. The second-order valence-electron chi connectivity index (χ2n) is 5.83. The maximum Gasteiger partial charge on any atom is 0.121 e. The molecule has 4 heteroatoms. The molecule has 0 saturated heterocycles. The minimum atomic E-state index is 0.692. The highest BCUT2D eigenvalue weighted by molar-refractivity contribution is 5.76. The van der Waals surface area contributed by atoms with E-state index in [4.69, 9.17) is 4.74 Å². The molecule has 2 aromatic rings. The number of H-pyrrole nitrogens is 1. The van der Waals surface area contributed by atoms with Crippen LogP contribution in [-0.2, 0) is 6.42 Å². The van der Waals surface area contributed by atoms with Crippen LogP contribution in [-0.4, -0.2) is 29.2 Å². The van der Waals surface area contributed by atoms with Gasteiger partial charge in [-0.15, -0.1) is 0 Å². The summed E-state index contributed by atoms with van der Waals surface area (Å²) in [4.78, 5) is 8.05. The van der Waals surface area contributed by atoms with Crippen molar-refractivity contribution in [1.82, 2.24) is 15.3 Å². The van der Waals surface area contributed by atoms with Gasteiger partial charge in [-0.05, 0) is 31.9 Å². The predicted molar refractivity (Wildman–Crippen MR) is 85.8 cm³/mol. The van der Waals surface area contributed by atoms with Crippen LogP contribution in [0.15, 0.2) is 18.2 Å². The van der Waals surface area contributed by atoms with E-state index in [2.05, 4.69) is 15.3 Å². The van der Waals surface area contributed by atoms with Crippen molar-refractivity contribution in [2.75, 3.05) is 13.2 Å². The van der Waals surface area contributed by atoms with E-state index in [1.807, 2.05) is 25.1 Å².